The first-order valence-corrected chi connectivity index (χ1v) is 8.09. The van der Waals surface area contributed by atoms with Crippen molar-refractivity contribution in [3.8, 4) is 0 Å². The second kappa shape index (κ2) is 8.28. The van der Waals surface area contributed by atoms with E-state index in [1.807, 2.05) is 24.3 Å². The van der Waals surface area contributed by atoms with Crippen molar-refractivity contribution < 1.29 is 14.7 Å². The molecule has 0 bridgehead atoms. The zero-order valence-electron chi connectivity index (χ0n) is 13.4. The van der Waals surface area contributed by atoms with E-state index in [9.17, 15) is 9.59 Å². The van der Waals surface area contributed by atoms with Crippen LogP contribution in [0.4, 0.5) is 0 Å². The van der Waals surface area contributed by atoms with Crippen LogP contribution in [0.15, 0.2) is 48.5 Å². The monoisotopic (exact) mass is 310 g/mol. The number of rotatable bonds is 8. The van der Waals surface area contributed by atoms with E-state index < -0.39 is 5.97 Å². The molecule has 2 aromatic rings. The number of hydrogen-bond acceptors (Lipinski definition) is 2. The molecule has 0 aliphatic rings. The van der Waals surface area contributed by atoms with Crippen molar-refractivity contribution in [1.29, 1.82) is 0 Å². The lowest BCUT2D eigenvalue weighted by atomic mass is 9.99. The quantitative estimate of drug-likeness (QED) is 0.566. The smallest absolute Gasteiger partial charge is 0.335 e. The molecule has 3 heteroatoms. The van der Waals surface area contributed by atoms with E-state index in [-0.39, 0.29) is 11.3 Å². The number of carboxylic acids is 1. The number of aromatic carboxylic acids is 1. The normalized spacial score (nSPS) is 10.5. The Morgan fingerprint density at radius 2 is 1.30 bits per heavy atom. The van der Waals surface area contributed by atoms with Crippen LogP contribution in [-0.2, 0) is 6.42 Å². The van der Waals surface area contributed by atoms with Crippen LogP contribution >= 0.6 is 0 Å². The van der Waals surface area contributed by atoms with Crippen LogP contribution in [0.3, 0.4) is 0 Å². The Bertz CT molecular complexity index is 654. The summed E-state index contributed by atoms with van der Waals surface area (Å²) in [5.41, 5.74) is 2.57. The van der Waals surface area contributed by atoms with Crippen molar-refractivity contribution in [2.75, 3.05) is 0 Å². The van der Waals surface area contributed by atoms with Crippen molar-refractivity contribution in [2.24, 2.45) is 0 Å². The predicted molar refractivity (Wildman–Crippen MR) is 91.1 cm³/mol. The van der Waals surface area contributed by atoms with Crippen molar-refractivity contribution in [1.82, 2.24) is 0 Å². The summed E-state index contributed by atoms with van der Waals surface area (Å²) >= 11 is 0. The molecule has 0 heterocycles. The zero-order chi connectivity index (χ0) is 16.7. The van der Waals surface area contributed by atoms with Crippen molar-refractivity contribution in [3.05, 3.63) is 70.8 Å². The number of aryl methyl sites for hydroxylation is 1. The minimum absolute atomic E-state index is 0.0838. The minimum atomic E-state index is -0.989. The first-order valence-electron chi connectivity index (χ1n) is 8.09. The second-order valence-electron chi connectivity index (χ2n) is 5.72. The first kappa shape index (κ1) is 16.9. The number of ketones is 1. The number of hydrogen-bond donors (Lipinski definition) is 1. The van der Waals surface area contributed by atoms with Gasteiger partial charge in [-0.3, -0.25) is 4.79 Å². The molecule has 1 N–H and O–H groups in total. The van der Waals surface area contributed by atoms with Gasteiger partial charge >= 0.3 is 5.97 Å². The molecule has 0 atom stereocenters. The lowest BCUT2D eigenvalue weighted by Crippen LogP contribution is -2.03. The molecule has 0 unspecified atom stereocenters. The molecule has 120 valence electrons. The Balaban J connectivity index is 2.00. The van der Waals surface area contributed by atoms with E-state index in [1.54, 1.807) is 12.1 Å². The highest BCUT2D eigenvalue weighted by atomic mass is 16.4. The van der Waals surface area contributed by atoms with Crippen LogP contribution < -0.4 is 0 Å². The summed E-state index contributed by atoms with van der Waals surface area (Å²) in [5.74, 6) is -1.07. The maximum atomic E-state index is 12.4. The summed E-state index contributed by atoms with van der Waals surface area (Å²) < 4.78 is 0. The van der Waals surface area contributed by atoms with E-state index >= 15 is 0 Å². The predicted octanol–water partition coefficient (Wildman–Crippen LogP) is 4.74. The van der Waals surface area contributed by atoms with Crippen LogP contribution in [0.1, 0.15) is 64.4 Å². The molecule has 0 spiro atoms. The summed E-state index contributed by atoms with van der Waals surface area (Å²) in [6, 6.07) is 13.7. The third-order valence-corrected chi connectivity index (χ3v) is 3.93. The van der Waals surface area contributed by atoms with E-state index in [4.69, 9.17) is 5.11 Å². The first-order chi connectivity index (χ1) is 11.1. The van der Waals surface area contributed by atoms with E-state index in [2.05, 4.69) is 6.92 Å². The molecular weight excluding hydrogens is 288 g/mol. The molecule has 0 aromatic heterocycles. The molecule has 0 radical (unpaired) electrons. The molecule has 3 nitrogen and oxygen atoms in total. The van der Waals surface area contributed by atoms with Gasteiger partial charge < -0.3 is 5.11 Å². The van der Waals surface area contributed by atoms with Crippen LogP contribution in [0.5, 0.6) is 0 Å². The lowest BCUT2D eigenvalue weighted by molar-refractivity contribution is 0.0696. The molecule has 0 saturated carbocycles. The summed E-state index contributed by atoms with van der Waals surface area (Å²) in [4.78, 5) is 23.2. The SMILES string of the molecule is CCCCCCc1ccc(C(=O)c2ccc(C(=O)O)cc2)cc1. The van der Waals surface area contributed by atoms with Gasteiger partial charge in [-0.15, -0.1) is 0 Å². The van der Waals surface area contributed by atoms with Gasteiger partial charge in [0.2, 0.25) is 0 Å². The highest BCUT2D eigenvalue weighted by Gasteiger charge is 2.10. The number of carboxylic acid groups (broad SMARTS) is 1. The number of carbonyl (C=O) groups is 2. The van der Waals surface area contributed by atoms with Crippen LogP contribution in [0, 0.1) is 0 Å². The van der Waals surface area contributed by atoms with Gasteiger partial charge in [0, 0.05) is 11.1 Å². The van der Waals surface area contributed by atoms with Gasteiger partial charge in [0.05, 0.1) is 5.56 Å². The summed E-state index contributed by atoms with van der Waals surface area (Å²) in [6.45, 7) is 2.20. The second-order valence-corrected chi connectivity index (χ2v) is 5.72. The number of carbonyl (C=O) groups excluding carboxylic acids is 1. The maximum Gasteiger partial charge on any atom is 0.335 e. The molecule has 2 aromatic carbocycles. The molecular formula is C20H22O3. The summed E-state index contributed by atoms with van der Waals surface area (Å²) in [5, 5.41) is 8.88. The fourth-order valence-electron chi connectivity index (χ4n) is 2.51. The minimum Gasteiger partial charge on any atom is -0.478 e. The van der Waals surface area contributed by atoms with Crippen molar-refractivity contribution in [3.63, 3.8) is 0 Å². The van der Waals surface area contributed by atoms with E-state index in [1.165, 1.54) is 43.4 Å². The molecule has 0 amide bonds. The van der Waals surface area contributed by atoms with Gasteiger partial charge in [-0.1, -0.05) is 62.6 Å². The van der Waals surface area contributed by atoms with Crippen molar-refractivity contribution >= 4 is 11.8 Å². The van der Waals surface area contributed by atoms with Gasteiger partial charge in [0.15, 0.2) is 5.78 Å². The van der Waals surface area contributed by atoms with Gasteiger partial charge in [-0.2, -0.15) is 0 Å². The van der Waals surface area contributed by atoms with Crippen LogP contribution in [0.25, 0.3) is 0 Å². The Kier molecular flexibility index (Phi) is 6.10. The Morgan fingerprint density at radius 1 is 0.783 bits per heavy atom. The van der Waals surface area contributed by atoms with E-state index in [0.29, 0.717) is 11.1 Å². The molecule has 23 heavy (non-hydrogen) atoms. The number of unbranched alkanes of at least 4 members (excludes halogenated alkanes) is 3. The zero-order valence-corrected chi connectivity index (χ0v) is 13.4. The van der Waals surface area contributed by atoms with Gasteiger partial charge in [0.1, 0.15) is 0 Å². The average Bonchev–Trinajstić information content (AvgIpc) is 2.59. The Labute approximate surface area is 137 Å². The van der Waals surface area contributed by atoms with Crippen molar-refractivity contribution in [2.45, 2.75) is 39.0 Å². The summed E-state index contributed by atoms with van der Waals surface area (Å²) in [6.07, 6.45) is 5.96. The van der Waals surface area contributed by atoms with Gasteiger partial charge in [0.25, 0.3) is 0 Å². The fraction of sp³-hybridized carbons (Fsp3) is 0.300. The fourth-order valence-corrected chi connectivity index (χ4v) is 2.51. The van der Waals surface area contributed by atoms with Crippen LogP contribution in [0.2, 0.25) is 0 Å². The largest absolute Gasteiger partial charge is 0.478 e. The molecule has 0 aliphatic heterocycles. The molecule has 0 saturated heterocycles. The molecule has 0 fully saturated rings. The highest BCUT2D eigenvalue weighted by Crippen LogP contribution is 2.14. The average molecular weight is 310 g/mol. The van der Waals surface area contributed by atoms with Crippen LogP contribution in [-0.4, -0.2) is 16.9 Å². The summed E-state index contributed by atoms with van der Waals surface area (Å²) in [7, 11) is 0. The van der Waals surface area contributed by atoms with E-state index in [0.717, 1.165) is 6.42 Å². The topological polar surface area (TPSA) is 54.4 Å². The Hall–Kier alpha value is -2.42. The Morgan fingerprint density at radius 3 is 1.83 bits per heavy atom. The lowest BCUT2D eigenvalue weighted by Gasteiger charge is -2.05. The molecule has 0 aliphatic carbocycles. The molecule has 2 rings (SSSR count). The highest BCUT2D eigenvalue weighted by molar-refractivity contribution is 6.09. The maximum absolute atomic E-state index is 12.4. The third kappa shape index (κ3) is 4.78. The van der Waals surface area contributed by atoms with Gasteiger partial charge in [-0.25, -0.2) is 4.79 Å². The third-order valence-electron chi connectivity index (χ3n) is 3.93. The standard InChI is InChI=1S/C20H22O3/c1-2-3-4-5-6-15-7-9-16(10-8-15)19(21)17-11-13-18(14-12-17)20(22)23/h7-14H,2-6H2,1H3,(H,22,23). The van der Waals surface area contributed by atoms with Gasteiger partial charge in [-0.05, 0) is 30.5 Å². The number of benzene rings is 2.